The van der Waals surface area contributed by atoms with Crippen LogP contribution in [-0.2, 0) is 11.3 Å². The topological polar surface area (TPSA) is 39.3 Å². The second-order valence-electron chi connectivity index (χ2n) is 6.57. The fraction of sp³-hybridized carbons (Fsp3) is 0.500. The molecule has 1 atom stereocenters. The summed E-state index contributed by atoms with van der Waals surface area (Å²) in [4.78, 5) is 20.0. The molecule has 2 heterocycles. The lowest BCUT2D eigenvalue weighted by Gasteiger charge is -2.29. The number of nitrogens with one attached hydrogen (secondary N) is 1. The van der Waals surface area contributed by atoms with Gasteiger partial charge in [0.2, 0.25) is 5.91 Å². The second kappa shape index (κ2) is 6.71. The van der Waals surface area contributed by atoms with Gasteiger partial charge in [-0.05, 0) is 50.7 Å². The second-order valence-corrected chi connectivity index (χ2v) is 6.57. The third kappa shape index (κ3) is 3.55. The molecule has 1 aliphatic rings. The van der Waals surface area contributed by atoms with Crippen molar-refractivity contribution in [1.29, 1.82) is 0 Å². The van der Waals surface area contributed by atoms with Gasteiger partial charge in [0.15, 0.2) is 0 Å². The molecular weight excluding hydrogens is 293 g/mol. The highest BCUT2D eigenvalue weighted by atomic mass is 19.1. The Morgan fingerprint density at radius 1 is 1.35 bits per heavy atom. The molecule has 1 aliphatic heterocycles. The number of H-pyrrole nitrogens is 1. The monoisotopic (exact) mass is 317 g/mol. The molecule has 1 aromatic carbocycles. The molecule has 5 heteroatoms. The van der Waals surface area contributed by atoms with Crippen molar-refractivity contribution >= 4 is 16.8 Å². The van der Waals surface area contributed by atoms with E-state index in [1.807, 2.05) is 20.2 Å². The van der Waals surface area contributed by atoms with Crippen LogP contribution in [0.4, 0.5) is 4.39 Å². The first-order valence-corrected chi connectivity index (χ1v) is 8.27. The summed E-state index contributed by atoms with van der Waals surface area (Å²) in [7, 11) is 3.88. The standard InChI is InChI=1S/C18H24FN3O/c1-21-9-5-3-4-6-17(21)18(23)22(2)12-15-11-13-10-14(19)7-8-16(13)20-15/h7-8,10-11,17,20H,3-6,9,12H2,1-2H3/t17-/m0/s1. The number of carbonyl (C=O) groups is 1. The van der Waals surface area contributed by atoms with E-state index in [1.54, 1.807) is 11.0 Å². The molecule has 0 radical (unpaired) electrons. The predicted octanol–water partition coefficient (Wildman–Crippen LogP) is 3.14. The van der Waals surface area contributed by atoms with Crippen LogP contribution in [0.3, 0.4) is 0 Å². The van der Waals surface area contributed by atoms with Crippen molar-refractivity contribution in [2.45, 2.75) is 38.3 Å². The lowest BCUT2D eigenvalue weighted by atomic mass is 10.1. The van der Waals surface area contributed by atoms with Gasteiger partial charge in [-0.2, -0.15) is 0 Å². The van der Waals surface area contributed by atoms with E-state index in [1.165, 1.54) is 18.6 Å². The van der Waals surface area contributed by atoms with E-state index in [-0.39, 0.29) is 17.8 Å². The first-order chi connectivity index (χ1) is 11.0. The van der Waals surface area contributed by atoms with Crippen molar-refractivity contribution < 1.29 is 9.18 Å². The highest BCUT2D eigenvalue weighted by Gasteiger charge is 2.27. The van der Waals surface area contributed by atoms with Crippen LogP contribution in [0.5, 0.6) is 0 Å². The number of likely N-dealkylation sites (tertiary alicyclic amines) is 1. The van der Waals surface area contributed by atoms with Crippen molar-refractivity contribution in [2.24, 2.45) is 0 Å². The van der Waals surface area contributed by atoms with Gasteiger partial charge in [-0.25, -0.2) is 4.39 Å². The summed E-state index contributed by atoms with van der Waals surface area (Å²) in [6.07, 6.45) is 4.40. The Morgan fingerprint density at radius 3 is 3.00 bits per heavy atom. The summed E-state index contributed by atoms with van der Waals surface area (Å²) < 4.78 is 13.3. The summed E-state index contributed by atoms with van der Waals surface area (Å²) >= 11 is 0. The van der Waals surface area contributed by atoms with Gasteiger partial charge in [-0.1, -0.05) is 12.8 Å². The number of likely N-dealkylation sites (N-methyl/N-ethyl adjacent to an activating group) is 2. The third-order valence-electron chi connectivity index (χ3n) is 4.73. The SMILES string of the molecule is CN(Cc1cc2cc(F)ccc2[nH]1)C(=O)[C@@H]1CCCCCN1C. The molecule has 2 aromatic rings. The van der Waals surface area contributed by atoms with E-state index in [2.05, 4.69) is 9.88 Å². The third-order valence-corrected chi connectivity index (χ3v) is 4.73. The molecule has 1 N–H and O–H groups in total. The number of carbonyl (C=O) groups excluding carboxylic acids is 1. The highest BCUT2D eigenvalue weighted by Crippen LogP contribution is 2.20. The Kier molecular flexibility index (Phi) is 4.66. The molecule has 4 nitrogen and oxygen atoms in total. The summed E-state index contributed by atoms with van der Waals surface area (Å²) in [6, 6.07) is 6.58. The number of amides is 1. The van der Waals surface area contributed by atoms with Gasteiger partial charge in [0.1, 0.15) is 5.82 Å². The summed E-state index contributed by atoms with van der Waals surface area (Å²) in [5.41, 5.74) is 1.83. The van der Waals surface area contributed by atoms with E-state index in [0.717, 1.165) is 42.4 Å². The van der Waals surface area contributed by atoms with Crippen molar-refractivity contribution in [3.63, 3.8) is 0 Å². The van der Waals surface area contributed by atoms with Gasteiger partial charge >= 0.3 is 0 Å². The van der Waals surface area contributed by atoms with E-state index >= 15 is 0 Å². The molecule has 3 rings (SSSR count). The lowest BCUT2D eigenvalue weighted by molar-refractivity contribution is -0.135. The van der Waals surface area contributed by atoms with Gasteiger partial charge in [0.25, 0.3) is 0 Å². The lowest BCUT2D eigenvalue weighted by Crippen LogP contribution is -2.45. The number of nitrogens with zero attached hydrogens (tertiary/aromatic N) is 2. The maximum absolute atomic E-state index is 13.3. The van der Waals surface area contributed by atoms with Gasteiger partial charge in [-0.15, -0.1) is 0 Å². The molecule has 1 saturated heterocycles. The minimum Gasteiger partial charge on any atom is -0.357 e. The van der Waals surface area contributed by atoms with Crippen molar-refractivity contribution in [3.05, 3.63) is 35.8 Å². The predicted molar refractivity (Wildman–Crippen MR) is 89.6 cm³/mol. The average molecular weight is 317 g/mol. The number of benzene rings is 1. The number of hydrogen-bond acceptors (Lipinski definition) is 2. The largest absolute Gasteiger partial charge is 0.357 e. The van der Waals surface area contributed by atoms with E-state index in [0.29, 0.717) is 6.54 Å². The number of aromatic amines is 1. The molecule has 0 aliphatic carbocycles. The maximum atomic E-state index is 13.3. The van der Waals surface area contributed by atoms with Gasteiger partial charge in [-0.3, -0.25) is 9.69 Å². The van der Waals surface area contributed by atoms with Gasteiger partial charge in [0, 0.05) is 23.6 Å². The van der Waals surface area contributed by atoms with Crippen LogP contribution < -0.4 is 0 Å². The Balaban J connectivity index is 1.71. The zero-order valence-corrected chi connectivity index (χ0v) is 13.8. The molecular formula is C18H24FN3O. The zero-order chi connectivity index (χ0) is 16.4. The number of rotatable bonds is 3. The van der Waals surface area contributed by atoms with Crippen LogP contribution in [0.15, 0.2) is 24.3 Å². The van der Waals surface area contributed by atoms with Crippen molar-refractivity contribution in [2.75, 3.05) is 20.6 Å². The number of hydrogen-bond donors (Lipinski definition) is 1. The summed E-state index contributed by atoms with van der Waals surface area (Å²) in [6.45, 7) is 1.50. The van der Waals surface area contributed by atoms with Gasteiger partial charge in [0.05, 0.1) is 12.6 Å². The fourth-order valence-corrected chi connectivity index (χ4v) is 3.40. The molecule has 124 valence electrons. The summed E-state index contributed by atoms with van der Waals surface area (Å²) in [5.74, 6) is -0.0770. The molecule has 1 amide bonds. The normalized spacial score (nSPS) is 19.7. The first-order valence-electron chi connectivity index (χ1n) is 8.27. The average Bonchev–Trinajstić information content (AvgIpc) is 2.78. The van der Waals surface area contributed by atoms with Crippen LogP contribution >= 0.6 is 0 Å². The molecule has 1 aromatic heterocycles. The van der Waals surface area contributed by atoms with Crippen molar-refractivity contribution in [1.82, 2.24) is 14.8 Å². The Labute approximate surface area is 136 Å². The fourth-order valence-electron chi connectivity index (χ4n) is 3.40. The number of halogens is 1. The minimum atomic E-state index is -0.243. The quantitative estimate of drug-likeness (QED) is 0.944. The molecule has 0 spiro atoms. The van der Waals surface area contributed by atoms with Crippen molar-refractivity contribution in [3.8, 4) is 0 Å². The van der Waals surface area contributed by atoms with Crippen LogP contribution in [0, 0.1) is 5.82 Å². The minimum absolute atomic E-state index is 0.0238. The first kappa shape index (κ1) is 16.0. The molecule has 23 heavy (non-hydrogen) atoms. The van der Waals surface area contributed by atoms with Crippen LogP contribution in [0.1, 0.15) is 31.4 Å². The molecule has 1 fully saturated rings. The Morgan fingerprint density at radius 2 is 2.17 bits per heavy atom. The maximum Gasteiger partial charge on any atom is 0.240 e. The van der Waals surface area contributed by atoms with Crippen LogP contribution in [0.25, 0.3) is 10.9 Å². The van der Waals surface area contributed by atoms with E-state index in [9.17, 15) is 9.18 Å². The number of fused-ring (bicyclic) bond motifs is 1. The summed E-state index contributed by atoms with van der Waals surface area (Å²) in [5, 5.41) is 0.840. The Hall–Kier alpha value is -1.88. The van der Waals surface area contributed by atoms with Crippen LogP contribution in [0.2, 0.25) is 0 Å². The van der Waals surface area contributed by atoms with E-state index in [4.69, 9.17) is 0 Å². The Bertz CT molecular complexity index is 697. The van der Waals surface area contributed by atoms with Gasteiger partial charge < -0.3 is 9.88 Å². The zero-order valence-electron chi connectivity index (χ0n) is 13.8. The highest BCUT2D eigenvalue weighted by molar-refractivity contribution is 5.83. The smallest absolute Gasteiger partial charge is 0.240 e. The number of aromatic nitrogens is 1. The van der Waals surface area contributed by atoms with Crippen LogP contribution in [-0.4, -0.2) is 47.4 Å². The molecule has 0 unspecified atom stereocenters. The van der Waals surface area contributed by atoms with E-state index < -0.39 is 0 Å². The molecule has 0 bridgehead atoms. The molecule has 0 saturated carbocycles.